The molecule has 0 aliphatic carbocycles. The lowest BCUT2D eigenvalue weighted by Crippen LogP contribution is -2.50. The highest BCUT2D eigenvalue weighted by Crippen LogP contribution is 2.26. The van der Waals surface area contributed by atoms with Gasteiger partial charge in [0.2, 0.25) is 11.1 Å². The van der Waals surface area contributed by atoms with E-state index in [1.165, 1.54) is 24.4 Å². The number of urea groups is 1. The fourth-order valence-corrected chi connectivity index (χ4v) is 4.24. The van der Waals surface area contributed by atoms with Crippen LogP contribution in [0.3, 0.4) is 0 Å². The number of anilines is 3. The number of amides is 2. The zero-order chi connectivity index (χ0) is 18.6. The molecule has 2 aliphatic rings. The lowest BCUT2D eigenvalue weighted by Gasteiger charge is -2.34. The third-order valence-electron chi connectivity index (χ3n) is 5.33. The highest BCUT2D eigenvalue weighted by atomic mass is 32.1. The van der Waals surface area contributed by atoms with E-state index >= 15 is 0 Å². The van der Waals surface area contributed by atoms with Gasteiger partial charge in [-0.15, -0.1) is 0 Å². The molecule has 0 bridgehead atoms. The number of piperazine rings is 1. The lowest BCUT2D eigenvalue weighted by atomic mass is 10.00. The average molecular weight is 387 g/mol. The molecule has 2 aromatic rings. The summed E-state index contributed by atoms with van der Waals surface area (Å²) in [6, 6.07) is 9.54. The number of aromatic nitrogens is 2. The Hall–Kier alpha value is -2.35. The van der Waals surface area contributed by atoms with Gasteiger partial charge in [0, 0.05) is 56.5 Å². The first-order valence-electron chi connectivity index (χ1n) is 9.63. The Morgan fingerprint density at radius 3 is 2.44 bits per heavy atom. The van der Waals surface area contributed by atoms with Gasteiger partial charge in [-0.2, -0.15) is 9.36 Å². The van der Waals surface area contributed by atoms with Crippen molar-refractivity contribution in [3.05, 3.63) is 30.3 Å². The third kappa shape index (κ3) is 4.32. The molecule has 2 aliphatic heterocycles. The maximum atomic E-state index is 12.4. The van der Waals surface area contributed by atoms with Crippen molar-refractivity contribution >= 4 is 34.3 Å². The summed E-state index contributed by atoms with van der Waals surface area (Å²) in [6.45, 7) is 7.35. The summed E-state index contributed by atoms with van der Waals surface area (Å²) in [7, 11) is 0. The highest BCUT2D eigenvalue weighted by Gasteiger charge is 2.25. The van der Waals surface area contributed by atoms with E-state index < -0.39 is 0 Å². The number of rotatable bonds is 3. The van der Waals surface area contributed by atoms with Gasteiger partial charge >= 0.3 is 6.03 Å². The van der Waals surface area contributed by atoms with Crippen LogP contribution in [-0.4, -0.2) is 59.6 Å². The number of nitrogens with zero attached hydrogens (tertiary/aromatic N) is 5. The number of piperidine rings is 1. The van der Waals surface area contributed by atoms with Crippen molar-refractivity contribution in [3.8, 4) is 0 Å². The second kappa shape index (κ2) is 8.12. The largest absolute Gasteiger partial charge is 0.343 e. The molecule has 1 aromatic heterocycles. The second-order valence-electron chi connectivity index (χ2n) is 7.32. The van der Waals surface area contributed by atoms with E-state index in [9.17, 15) is 4.79 Å². The van der Waals surface area contributed by atoms with Crippen LogP contribution in [0.1, 0.15) is 19.8 Å². The first-order chi connectivity index (χ1) is 13.2. The van der Waals surface area contributed by atoms with Crippen molar-refractivity contribution < 1.29 is 4.79 Å². The van der Waals surface area contributed by atoms with Crippen LogP contribution in [0.2, 0.25) is 0 Å². The maximum absolute atomic E-state index is 12.4. The van der Waals surface area contributed by atoms with E-state index in [2.05, 4.69) is 26.4 Å². The molecule has 0 radical (unpaired) electrons. The van der Waals surface area contributed by atoms with Crippen LogP contribution in [0, 0.1) is 5.92 Å². The Kier molecular flexibility index (Phi) is 5.42. The van der Waals surface area contributed by atoms with Gasteiger partial charge in [0.25, 0.3) is 0 Å². The first-order valence-corrected chi connectivity index (χ1v) is 10.4. The standard InChI is InChI=1S/C19H26N6OS/c1-15-7-9-23(10-8-15)17-21-19(27-22-17)25-13-11-24(12-14-25)18(26)20-16-5-3-2-4-6-16/h2-6,15H,7-14H2,1H3,(H,20,26). The summed E-state index contributed by atoms with van der Waals surface area (Å²) in [5.74, 6) is 1.67. The average Bonchev–Trinajstić information content (AvgIpc) is 3.20. The monoisotopic (exact) mass is 386 g/mol. The summed E-state index contributed by atoms with van der Waals surface area (Å²) in [5, 5.41) is 3.92. The number of hydrogen-bond donors (Lipinski definition) is 1. The summed E-state index contributed by atoms with van der Waals surface area (Å²) >= 11 is 1.47. The van der Waals surface area contributed by atoms with Crippen molar-refractivity contribution in [3.63, 3.8) is 0 Å². The van der Waals surface area contributed by atoms with Crippen molar-refractivity contribution in [2.24, 2.45) is 5.92 Å². The van der Waals surface area contributed by atoms with E-state index in [1.54, 1.807) is 0 Å². The van der Waals surface area contributed by atoms with Gasteiger partial charge in [0.05, 0.1) is 0 Å². The molecule has 0 unspecified atom stereocenters. The minimum Gasteiger partial charge on any atom is -0.343 e. The molecule has 0 saturated carbocycles. The Morgan fingerprint density at radius 1 is 1.04 bits per heavy atom. The van der Waals surface area contributed by atoms with Crippen molar-refractivity contribution in [2.75, 3.05) is 54.4 Å². The van der Waals surface area contributed by atoms with Crippen LogP contribution in [-0.2, 0) is 0 Å². The van der Waals surface area contributed by atoms with Crippen LogP contribution < -0.4 is 15.1 Å². The zero-order valence-corrected chi connectivity index (χ0v) is 16.5. The van der Waals surface area contributed by atoms with E-state index in [1.807, 2.05) is 35.2 Å². The molecule has 2 saturated heterocycles. The summed E-state index contributed by atoms with van der Waals surface area (Å²) < 4.78 is 4.57. The van der Waals surface area contributed by atoms with Crippen molar-refractivity contribution in [1.29, 1.82) is 0 Å². The molecule has 2 fully saturated rings. The third-order valence-corrected chi connectivity index (χ3v) is 6.10. The second-order valence-corrected chi connectivity index (χ2v) is 8.05. The summed E-state index contributed by atoms with van der Waals surface area (Å²) in [5.41, 5.74) is 0.828. The molecule has 1 N–H and O–H groups in total. The van der Waals surface area contributed by atoms with E-state index in [-0.39, 0.29) is 6.03 Å². The quantitative estimate of drug-likeness (QED) is 0.878. The molecule has 0 atom stereocenters. The minimum atomic E-state index is -0.0405. The van der Waals surface area contributed by atoms with Crippen LogP contribution in [0.15, 0.2) is 30.3 Å². The minimum absolute atomic E-state index is 0.0405. The maximum Gasteiger partial charge on any atom is 0.321 e. The Morgan fingerprint density at radius 2 is 1.74 bits per heavy atom. The van der Waals surface area contributed by atoms with Gasteiger partial charge in [-0.1, -0.05) is 25.1 Å². The Labute approximate surface area is 164 Å². The van der Waals surface area contributed by atoms with Crippen molar-refractivity contribution in [2.45, 2.75) is 19.8 Å². The number of carbonyl (C=O) groups excluding carboxylic acids is 1. The molecule has 7 nitrogen and oxygen atoms in total. The number of carbonyl (C=O) groups is 1. The fraction of sp³-hybridized carbons (Fsp3) is 0.526. The lowest BCUT2D eigenvalue weighted by molar-refractivity contribution is 0.208. The Bertz CT molecular complexity index is 751. The van der Waals surface area contributed by atoms with Gasteiger partial charge in [0.1, 0.15) is 0 Å². The first kappa shape index (κ1) is 18.0. The van der Waals surface area contributed by atoms with Gasteiger partial charge in [-0.25, -0.2) is 4.79 Å². The predicted molar refractivity (Wildman–Crippen MR) is 110 cm³/mol. The molecular formula is C19H26N6OS. The van der Waals surface area contributed by atoms with Crippen molar-refractivity contribution in [1.82, 2.24) is 14.3 Å². The Balaban J connectivity index is 1.30. The highest BCUT2D eigenvalue weighted by molar-refractivity contribution is 7.09. The number of para-hydroxylation sites is 1. The molecule has 2 amide bonds. The molecule has 144 valence electrons. The van der Waals surface area contributed by atoms with Gasteiger partial charge < -0.3 is 20.0 Å². The molecule has 1 aromatic carbocycles. The fourth-order valence-electron chi connectivity index (χ4n) is 3.50. The SMILES string of the molecule is CC1CCN(c2nsc(N3CCN(C(=O)Nc4ccccc4)CC3)n2)CC1. The van der Waals surface area contributed by atoms with E-state index in [0.717, 1.165) is 48.9 Å². The van der Waals surface area contributed by atoms with E-state index in [0.29, 0.717) is 13.1 Å². The number of benzene rings is 1. The van der Waals surface area contributed by atoms with Gasteiger partial charge in [0.15, 0.2) is 0 Å². The predicted octanol–water partition coefficient (Wildman–Crippen LogP) is 3.13. The van der Waals surface area contributed by atoms with Gasteiger partial charge in [-0.05, 0) is 30.9 Å². The van der Waals surface area contributed by atoms with Crippen LogP contribution >= 0.6 is 11.5 Å². The summed E-state index contributed by atoms with van der Waals surface area (Å²) in [4.78, 5) is 23.6. The van der Waals surface area contributed by atoms with E-state index in [4.69, 9.17) is 4.98 Å². The zero-order valence-electron chi connectivity index (χ0n) is 15.7. The molecule has 4 rings (SSSR count). The van der Waals surface area contributed by atoms with Crippen LogP contribution in [0.25, 0.3) is 0 Å². The van der Waals surface area contributed by atoms with Gasteiger partial charge in [-0.3, -0.25) is 0 Å². The smallest absolute Gasteiger partial charge is 0.321 e. The molecule has 8 heteroatoms. The van der Waals surface area contributed by atoms with Crippen LogP contribution in [0.5, 0.6) is 0 Å². The number of nitrogens with one attached hydrogen (secondary N) is 1. The molecule has 3 heterocycles. The van der Waals surface area contributed by atoms with Crippen LogP contribution in [0.4, 0.5) is 21.6 Å². The molecular weight excluding hydrogens is 360 g/mol. The number of hydrogen-bond acceptors (Lipinski definition) is 6. The summed E-state index contributed by atoms with van der Waals surface area (Å²) in [6.07, 6.45) is 2.42. The topological polar surface area (TPSA) is 64.6 Å². The normalized spacial score (nSPS) is 18.6. The molecule has 0 spiro atoms. The molecule has 27 heavy (non-hydrogen) atoms.